The van der Waals surface area contributed by atoms with Crippen LogP contribution in [0.2, 0.25) is 5.02 Å². The number of nitrogens with zero attached hydrogens (tertiary/aromatic N) is 5. The van der Waals surface area contributed by atoms with E-state index in [1.807, 2.05) is 49.4 Å². The zero-order valence-electron chi connectivity index (χ0n) is 22.2. The number of pyridine rings is 1. The fraction of sp³-hybridized carbons (Fsp3) is 0.258. The zero-order chi connectivity index (χ0) is 26.9. The highest BCUT2D eigenvalue weighted by molar-refractivity contribution is 6.33. The minimum atomic E-state index is -0.123. The van der Waals surface area contributed by atoms with Crippen molar-refractivity contribution >= 4 is 45.5 Å². The summed E-state index contributed by atoms with van der Waals surface area (Å²) in [6, 6.07) is 16.1. The molecule has 0 saturated carbocycles. The molecule has 3 heterocycles. The lowest BCUT2D eigenvalue weighted by Crippen LogP contribution is -2.44. The van der Waals surface area contributed by atoms with Gasteiger partial charge in [-0.3, -0.25) is 9.36 Å². The number of piperazine rings is 1. The number of rotatable bonds is 6. The average Bonchev–Trinajstić information content (AvgIpc) is 3.49. The standard InChI is InChI=1S/C31H31ClN6O/c1-3-38-29-23(18-27(30(38)39)26-13-8-22(19-28(26)32)21-6-4-5-7-21)20-33-31(35-29)34-24-9-11-25(12-10-24)37-16-14-36(2)15-17-37/h4-6,8-13,18-20H,3,7,14-17H2,1-2H3,(H,33,34,35). The number of halogens is 1. The third kappa shape index (κ3) is 5.07. The highest BCUT2D eigenvalue weighted by Crippen LogP contribution is 2.32. The van der Waals surface area contributed by atoms with Crippen LogP contribution in [0.15, 0.2) is 77.8 Å². The van der Waals surface area contributed by atoms with Gasteiger partial charge in [-0.25, -0.2) is 4.98 Å². The van der Waals surface area contributed by atoms with Crippen LogP contribution in [-0.4, -0.2) is 52.7 Å². The molecule has 7 nitrogen and oxygen atoms in total. The Morgan fingerprint density at radius 2 is 1.79 bits per heavy atom. The Bertz CT molecular complexity index is 1650. The Balaban J connectivity index is 1.28. The van der Waals surface area contributed by atoms with Crippen molar-refractivity contribution in [3.05, 3.63) is 93.9 Å². The molecule has 6 rings (SSSR count). The van der Waals surface area contributed by atoms with E-state index in [1.54, 1.807) is 10.8 Å². The van der Waals surface area contributed by atoms with Crippen LogP contribution in [0.5, 0.6) is 0 Å². The molecule has 2 aromatic carbocycles. The molecule has 0 unspecified atom stereocenters. The summed E-state index contributed by atoms with van der Waals surface area (Å²) in [5.74, 6) is 0.449. The third-order valence-corrected chi connectivity index (χ3v) is 7.85. The third-order valence-electron chi connectivity index (χ3n) is 7.54. The van der Waals surface area contributed by atoms with E-state index in [-0.39, 0.29) is 5.56 Å². The summed E-state index contributed by atoms with van der Waals surface area (Å²) < 4.78 is 1.68. The van der Waals surface area contributed by atoms with Crippen molar-refractivity contribution in [1.29, 1.82) is 0 Å². The van der Waals surface area contributed by atoms with Gasteiger partial charge < -0.3 is 15.1 Å². The van der Waals surface area contributed by atoms with Gasteiger partial charge in [0.1, 0.15) is 5.65 Å². The van der Waals surface area contributed by atoms with Crippen LogP contribution in [0.4, 0.5) is 17.3 Å². The summed E-state index contributed by atoms with van der Waals surface area (Å²) in [4.78, 5) is 27.6. The van der Waals surface area contributed by atoms with E-state index < -0.39 is 0 Å². The zero-order valence-corrected chi connectivity index (χ0v) is 22.9. The van der Waals surface area contributed by atoms with E-state index in [1.165, 1.54) is 11.3 Å². The summed E-state index contributed by atoms with van der Waals surface area (Å²) in [5.41, 5.74) is 6.12. The Hall–Kier alpha value is -3.94. The van der Waals surface area contributed by atoms with Crippen LogP contribution >= 0.6 is 11.6 Å². The molecule has 0 amide bonds. The highest BCUT2D eigenvalue weighted by atomic mass is 35.5. The van der Waals surface area contributed by atoms with Gasteiger partial charge in [0, 0.05) is 71.8 Å². The highest BCUT2D eigenvalue weighted by Gasteiger charge is 2.17. The van der Waals surface area contributed by atoms with E-state index >= 15 is 0 Å². The van der Waals surface area contributed by atoms with Crippen molar-refractivity contribution in [3.8, 4) is 11.1 Å². The maximum Gasteiger partial charge on any atom is 0.260 e. The lowest BCUT2D eigenvalue weighted by Gasteiger charge is -2.34. The van der Waals surface area contributed by atoms with Gasteiger partial charge >= 0.3 is 0 Å². The molecule has 0 bridgehead atoms. The second-order valence-corrected chi connectivity index (χ2v) is 10.5. The molecule has 1 saturated heterocycles. The van der Waals surface area contributed by atoms with Gasteiger partial charge in [0.2, 0.25) is 5.95 Å². The van der Waals surface area contributed by atoms with Crippen LogP contribution in [0, 0.1) is 0 Å². The number of hydrogen-bond acceptors (Lipinski definition) is 6. The summed E-state index contributed by atoms with van der Waals surface area (Å²) >= 11 is 6.70. The summed E-state index contributed by atoms with van der Waals surface area (Å²) in [6.07, 6.45) is 8.91. The topological polar surface area (TPSA) is 66.3 Å². The first-order valence-electron chi connectivity index (χ1n) is 13.4. The summed E-state index contributed by atoms with van der Waals surface area (Å²) in [6.45, 7) is 6.62. The quantitative estimate of drug-likeness (QED) is 0.326. The first-order chi connectivity index (χ1) is 19.0. The maximum absolute atomic E-state index is 13.6. The van der Waals surface area contributed by atoms with Gasteiger partial charge in [-0.05, 0) is 67.9 Å². The normalized spacial score (nSPS) is 15.7. The van der Waals surface area contributed by atoms with E-state index in [4.69, 9.17) is 16.6 Å². The molecular formula is C31H31ClN6O. The molecule has 39 heavy (non-hydrogen) atoms. The molecule has 8 heteroatoms. The van der Waals surface area contributed by atoms with Crippen molar-refractivity contribution in [1.82, 2.24) is 19.4 Å². The minimum absolute atomic E-state index is 0.123. The summed E-state index contributed by atoms with van der Waals surface area (Å²) in [5, 5.41) is 4.63. The van der Waals surface area contributed by atoms with Crippen LogP contribution in [0.25, 0.3) is 27.7 Å². The van der Waals surface area contributed by atoms with Crippen LogP contribution in [0.1, 0.15) is 18.9 Å². The fourth-order valence-corrected chi connectivity index (χ4v) is 5.53. The minimum Gasteiger partial charge on any atom is -0.369 e. The van der Waals surface area contributed by atoms with Gasteiger partial charge in [-0.15, -0.1) is 0 Å². The number of nitrogens with one attached hydrogen (secondary N) is 1. The number of allylic oxidation sites excluding steroid dienone is 4. The van der Waals surface area contributed by atoms with E-state index in [0.29, 0.717) is 34.3 Å². The Kier molecular flexibility index (Phi) is 6.94. The number of benzene rings is 2. The van der Waals surface area contributed by atoms with Crippen molar-refractivity contribution in [2.45, 2.75) is 19.9 Å². The molecule has 198 valence electrons. The number of hydrogen-bond donors (Lipinski definition) is 1. The Morgan fingerprint density at radius 1 is 1.00 bits per heavy atom. The largest absolute Gasteiger partial charge is 0.369 e. The molecule has 4 aromatic rings. The van der Waals surface area contributed by atoms with Crippen LogP contribution < -0.4 is 15.8 Å². The number of fused-ring (bicyclic) bond motifs is 1. The van der Waals surface area contributed by atoms with Crippen molar-refractivity contribution in [2.75, 3.05) is 43.4 Å². The first-order valence-corrected chi connectivity index (χ1v) is 13.7. The molecular weight excluding hydrogens is 508 g/mol. The van der Waals surface area contributed by atoms with Gasteiger partial charge in [-0.2, -0.15) is 4.98 Å². The van der Waals surface area contributed by atoms with Gasteiger partial charge in [-0.1, -0.05) is 42.0 Å². The van der Waals surface area contributed by atoms with E-state index in [0.717, 1.165) is 49.2 Å². The molecule has 2 aromatic heterocycles. The van der Waals surface area contributed by atoms with Crippen molar-refractivity contribution in [2.24, 2.45) is 0 Å². The lowest BCUT2D eigenvalue weighted by molar-refractivity contribution is 0.313. The van der Waals surface area contributed by atoms with Gasteiger partial charge in [0.15, 0.2) is 0 Å². The van der Waals surface area contributed by atoms with Gasteiger partial charge in [0.25, 0.3) is 5.56 Å². The lowest BCUT2D eigenvalue weighted by atomic mass is 10.00. The molecule has 1 N–H and O–H groups in total. The summed E-state index contributed by atoms with van der Waals surface area (Å²) in [7, 11) is 2.16. The monoisotopic (exact) mass is 538 g/mol. The van der Waals surface area contributed by atoms with Crippen molar-refractivity contribution in [3.63, 3.8) is 0 Å². The maximum atomic E-state index is 13.6. The molecule has 2 aliphatic rings. The SMILES string of the molecule is CCn1c(=O)c(-c2ccc(C3=CC=CC3)cc2Cl)cc2cnc(Nc3ccc(N4CCN(C)CC4)cc3)nc21. The number of aryl methyl sites for hydroxylation is 1. The second-order valence-electron chi connectivity index (χ2n) is 10.1. The molecule has 0 spiro atoms. The van der Waals surface area contributed by atoms with Crippen LogP contribution in [-0.2, 0) is 6.54 Å². The molecule has 1 aliphatic heterocycles. The molecule has 0 atom stereocenters. The number of aromatic nitrogens is 3. The molecule has 0 radical (unpaired) electrons. The molecule has 1 fully saturated rings. The van der Waals surface area contributed by atoms with Gasteiger partial charge in [0.05, 0.1) is 0 Å². The predicted octanol–water partition coefficient (Wildman–Crippen LogP) is 5.97. The second kappa shape index (κ2) is 10.7. The Morgan fingerprint density at radius 3 is 2.49 bits per heavy atom. The predicted molar refractivity (Wildman–Crippen MR) is 161 cm³/mol. The Labute approximate surface area is 233 Å². The van der Waals surface area contributed by atoms with Crippen molar-refractivity contribution < 1.29 is 0 Å². The van der Waals surface area contributed by atoms with Crippen LogP contribution in [0.3, 0.4) is 0 Å². The fourth-order valence-electron chi connectivity index (χ4n) is 5.25. The smallest absolute Gasteiger partial charge is 0.260 e. The number of anilines is 3. The van der Waals surface area contributed by atoms with E-state index in [2.05, 4.69) is 51.4 Å². The first kappa shape index (κ1) is 25.3. The number of likely N-dealkylation sites (N-methyl/N-ethyl adjacent to an activating group) is 1. The average molecular weight is 539 g/mol. The van der Waals surface area contributed by atoms with E-state index in [9.17, 15) is 4.79 Å². The molecule has 1 aliphatic carbocycles.